The Morgan fingerprint density at radius 2 is 1.88 bits per heavy atom. The van der Waals surface area contributed by atoms with E-state index in [9.17, 15) is 27.6 Å². The summed E-state index contributed by atoms with van der Waals surface area (Å²) in [5, 5.41) is 2.93. The highest BCUT2D eigenvalue weighted by Gasteiger charge is 2.36. The number of aromatic nitrogens is 1. The number of ether oxygens (including phenoxy) is 1. The van der Waals surface area contributed by atoms with Gasteiger partial charge in [-0.3, -0.25) is 14.4 Å². The van der Waals surface area contributed by atoms with E-state index in [1.165, 1.54) is 23.2 Å². The van der Waals surface area contributed by atoms with Gasteiger partial charge >= 0.3 is 6.36 Å². The van der Waals surface area contributed by atoms with Crippen LogP contribution >= 0.6 is 0 Å². The Morgan fingerprint density at radius 1 is 1.16 bits per heavy atom. The summed E-state index contributed by atoms with van der Waals surface area (Å²) in [4.78, 5) is 42.0. The second kappa shape index (κ2) is 7.91. The molecule has 32 heavy (non-hydrogen) atoms. The minimum Gasteiger partial charge on any atom is -0.406 e. The Kier molecular flexibility index (Phi) is 5.25. The van der Waals surface area contributed by atoms with E-state index in [0.29, 0.717) is 22.3 Å². The highest BCUT2D eigenvalue weighted by molar-refractivity contribution is 6.45. The highest BCUT2D eigenvalue weighted by atomic mass is 19.4. The average molecular weight is 446 g/mol. The molecular formula is C21H17F3N4O4. The van der Waals surface area contributed by atoms with E-state index in [0.717, 1.165) is 12.1 Å². The van der Waals surface area contributed by atoms with Crippen LogP contribution in [0.4, 0.5) is 24.5 Å². The highest BCUT2D eigenvalue weighted by Crippen LogP contribution is 2.28. The average Bonchev–Trinajstić information content (AvgIpc) is 3.30. The van der Waals surface area contributed by atoms with Gasteiger partial charge in [0.1, 0.15) is 11.8 Å². The Labute approximate surface area is 179 Å². The van der Waals surface area contributed by atoms with E-state index in [1.54, 1.807) is 18.2 Å². The molecule has 2 heterocycles. The third-order valence-electron chi connectivity index (χ3n) is 5.05. The number of benzene rings is 2. The molecular weight excluding hydrogens is 429 g/mol. The molecule has 1 atom stereocenters. The van der Waals surface area contributed by atoms with Crippen molar-refractivity contribution in [1.29, 1.82) is 0 Å². The van der Waals surface area contributed by atoms with E-state index in [4.69, 9.17) is 5.73 Å². The fourth-order valence-corrected chi connectivity index (χ4v) is 3.57. The first-order valence-electron chi connectivity index (χ1n) is 9.51. The fourth-order valence-electron chi connectivity index (χ4n) is 3.57. The molecule has 1 saturated heterocycles. The monoisotopic (exact) mass is 446 g/mol. The normalized spacial score (nSPS) is 16.4. The van der Waals surface area contributed by atoms with E-state index in [1.807, 2.05) is 0 Å². The van der Waals surface area contributed by atoms with Crippen molar-refractivity contribution in [1.82, 2.24) is 10.3 Å². The minimum atomic E-state index is -4.82. The van der Waals surface area contributed by atoms with Crippen LogP contribution in [0.1, 0.15) is 16.8 Å². The molecule has 1 unspecified atom stereocenters. The summed E-state index contributed by atoms with van der Waals surface area (Å²) in [5.41, 5.74) is 7.29. The molecule has 0 spiro atoms. The van der Waals surface area contributed by atoms with Gasteiger partial charge in [0.05, 0.1) is 5.56 Å². The van der Waals surface area contributed by atoms with Crippen LogP contribution < -0.4 is 20.7 Å². The van der Waals surface area contributed by atoms with Crippen molar-refractivity contribution in [2.24, 2.45) is 0 Å². The molecule has 8 nitrogen and oxygen atoms in total. The first kappa shape index (κ1) is 21.2. The third kappa shape index (κ3) is 4.22. The molecule has 3 aromatic rings. The van der Waals surface area contributed by atoms with E-state index < -0.39 is 35.8 Å². The van der Waals surface area contributed by atoms with Gasteiger partial charge in [-0.05, 0) is 48.9 Å². The Bertz CT molecular complexity index is 1200. The van der Waals surface area contributed by atoms with E-state index in [-0.39, 0.29) is 18.5 Å². The number of Topliss-reactive ketones (excluding diaryl/α,β-unsaturated/α-hetero) is 1. The molecule has 1 aliphatic heterocycles. The van der Waals surface area contributed by atoms with Crippen LogP contribution in [0, 0.1) is 0 Å². The molecule has 4 rings (SSSR count). The number of carbonyl (C=O) groups is 3. The lowest BCUT2D eigenvalue weighted by molar-refractivity contribution is -0.274. The van der Waals surface area contributed by atoms with Crippen LogP contribution in [0.3, 0.4) is 0 Å². The summed E-state index contributed by atoms with van der Waals surface area (Å²) < 4.78 is 40.7. The van der Waals surface area contributed by atoms with Crippen LogP contribution in [0.5, 0.6) is 5.75 Å². The summed E-state index contributed by atoms with van der Waals surface area (Å²) in [5.74, 6) is -2.65. The van der Waals surface area contributed by atoms with Gasteiger partial charge in [-0.15, -0.1) is 13.2 Å². The zero-order valence-electron chi connectivity index (χ0n) is 16.4. The zero-order valence-corrected chi connectivity index (χ0v) is 16.4. The zero-order chi connectivity index (χ0) is 23.0. The Morgan fingerprint density at radius 3 is 2.56 bits per heavy atom. The number of carbonyl (C=O) groups excluding carboxylic acids is 3. The lowest BCUT2D eigenvalue weighted by atomic mass is 10.1. The van der Waals surface area contributed by atoms with Crippen LogP contribution in [-0.2, 0) is 9.59 Å². The van der Waals surface area contributed by atoms with Gasteiger partial charge in [-0.2, -0.15) is 0 Å². The lowest BCUT2D eigenvalue weighted by Crippen LogP contribution is -2.44. The second-order valence-electron chi connectivity index (χ2n) is 7.18. The quantitative estimate of drug-likeness (QED) is 0.317. The van der Waals surface area contributed by atoms with E-state index in [2.05, 4.69) is 15.0 Å². The number of ketones is 1. The van der Waals surface area contributed by atoms with Crippen LogP contribution in [0.15, 0.2) is 48.7 Å². The molecule has 2 aromatic carbocycles. The number of halogens is 3. The molecule has 0 radical (unpaired) electrons. The predicted octanol–water partition coefficient (Wildman–Crippen LogP) is 2.75. The number of rotatable bonds is 5. The van der Waals surface area contributed by atoms with Crippen molar-refractivity contribution in [3.05, 3.63) is 54.2 Å². The van der Waals surface area contributed by atoms with Crippen LogP contribution in [0.2, 0.25) is 0 Å². The summed E-state index contributed by atoms with van der Waals surface area (Å²) in [7, 11) is 0. The van der Waals surface area contributed by atoms with Crippen molar-refractivity contribution in [3.8, 4) is 5.75 Å². The Hall–Kier alpha value is -4.02. The number of H-pyrrole nitrogens is 1. The van der Waals surface area contributed by atoms with E-state index >= 15 is 0 Å². The van der Waals surface area contributed by atoms with Gasteiger partial charge in [0.2, 0.25) is 5.91 Å². The van der Waals surface area contributed by atoms with Gasteiger partial charge < -0.3 is 25.7 Å². The Balaban J connectivity index is 1.43. The largest absolute Gasteiger partial charge is 0.573 e. The van der Waals surface area contributed by atoms with Gasteiger partial charge in [0, 0.05) is 35.0 Å². The van der Waals surface area contributed by atoms with Gasteiger partial charge in [-0.1, -0.05) is 0 Å². The molecule has 0 saturated carbocycles. The molecule has 2 amide bonds. The van der Waals surface area contributed by atoms with Gasteiger partial charge in [0.25, 0.3) is 11.7 Å². The van der Waals surface area contributed by atoms with Crippen molar-refractivity contribution >= 4 is 39.9 Å². The molecule has 11 heteroatoms. The number of hydrogen-bond donors (Lipinski definition) is 3. The standard InChI is InChI=1S/C21H17F3N4O4/c22-21(23,24)32-13-4-2-12(3-5-13)28-8-7-17(20(28)31)27-19(30)18(29)15-10-26-16-6-1-11(25)9-14(15)16/h1-6,9-10,17,26H,7-8,25H2,(H,27,30). The summed E-state index contributed by atoms with van der Waals surface area (Å²) in [6, 6.07) is 8.77. The molecule has 1 fully saturated rings. The first-order chi connectivity index (χ1) is 15.1. The van der Waals surface area contributed by atoms with Crippen molar-refractivity contribution in [2.75, 3.05) is 17.2 Å². The van der Waals surface area contributed by atoms with Crippen molar-refractivity contribution < 1.29 is 32.3 Å². The number of amides is 2. The number of hydrogen-bond acceptors (Lipinski definition) is 5. The SMILES string of the molecule is Nc1ccc2[nH]cc(C(=O)C(=O)NC3CCN(c4ccc(OC(F)(F)F)cc4)C3=O)c2c1. The number of aromatic amines is 1. The number of alkyl halides is 3. The topological polar surface area (TPSA) is 118 Å². The maximum absolute atomic E-state index is 12.7. The van der Waals surface area contributed by atoms with Crippen molar-refractivity contribution in [3.63, 3.8) is 0 Å². The lowest BCUT2D eigenvalue weighted by Gasteiger charge is -2.18. The molecule has 0 bridgehead atoms. The van der Waals surface area contributed by atoms with Crippen LogP contribution in [0.25, 0.3) is 10.9 Å². The number of nitrogens with two attached hydrogens (primary N) is 1. The summed E-state index contributed by atoms with van der Waals surface area (Å²) in [6.07, 6.45) is -3.18. The predicted molar refractivity (Wildman–Crippen MR) is 109 cm³/mol. The summed E-state index contributed by atoms with van der Waals surface area (Å²) in [6.45, 7) is 0.223. The van der Waals surface area contributed by atoms with Crippen molar-refractivity contribution in [2.45, 2.75) is 18.8 Å². The first-order valence-corrected chi connectivity index (χ1v) is 9.51. The maximum Gasteiger partial charge on any atom is 0.573 e. The maximum atomic E-state index is 12.7. The number of nitrogens with zero attached hydrogens (tertiary/aromatic N) is 1. The smallest absolute Gasteiger partial charge is 0.406 e. The van der Waals surface area contributed by atoms with Gasteiger partial charge in [0.15, 0.2) is 0 Å². The molecule has 4 N–H and O–H groups in total. The fraction of sp³-hybridized carbons (Fsp3) is 0.190. The summed E-state index contributed by atoms with van der Waals surface area (Å²) >= 11 is 0. The number of fused-ring (bicyclic) bond motifs is 1. The molecule has 1 aliphatic rings. The molecule has 0 aliphatic carbocycles. The number of anilines is 2. The molecule has 166 valence electrons. The van der Waals surface area contributed by atoms with Gasteiger partial charge in [-0.25, -0.2) is 0 Å². The molecule has 1 aromatic heterocycles. The van der Waals surface area contributed by atoms with Crippen LogP contribution in [-0.4, -0.2) is 41.5 Å². The minimum absolute atomic E-state index is 0.132. The number of nitrogens with one attached hydrogen (secondary N) is 2. The third-order valence-corrected chi connectivity index (χ3v) is 5.05. The second-order valence-corrected chi connectivity index (χ2v) is 7.18. The number of nitrogen functional groups attached to an aromatic ring is 1.